The van der Waals surface area contributed by atoms with E-state index in [1.807, 2.05) is 20.8 Å². The highest BCUT2D eigenvalue weighted by Crippen LogP contribution is 2.30. The third-order valence-electron chi connectivity index (χ3n) is 5.35. The van der Waals surface area contributed by atoms with Gasteiger partial charge in [-0.15, -0.1) is 0 Å². The molecule has 0 saturated heterocycles. The third kappa shape index (κ3) is 5.43. The summed E-state index contributed by atoms with van der Waals surface area (Å²) in [4.78, 5) is 18.3. The number of nitrogens with two attached hydrogens (primary N) is 1. The molecule has 36 heavy (non-hydrogen) atoms. The summed E-state index contributed by atoms with van der Waals surface area (Å²) in [6, 6.07) is 14.1. The van der Waals surface area contributed by atoms with Gasteiger partial charge in [0.25, 0.3) is 0 Å². The molecule has 3 N–H and O–H groups in total. The molecular weight excluding hydrogens is 466 g/mol. The van der Waals surface area contributed by atoms with Gasteiger partial charge >= 0.3 is 6.03 Å². The number of carbonyl (C=O) groups excluding carboxylic acids is 1. The number of halogens is 2. The lowest BCUT2D eigenvalue weighted by Crippen LogP contribution is -2.33. The Labute approximate surface area is 207 Å². The molecule has 0 atom stereocenters. The summed E-state index contributed by atoms with van der Waals surface area (Å²) in [5.74, 6) is 0.272. The zero-order valence-corrected chi connectivity index (χ0v) is 20.3. The average Bonchev–Trinajstić information content (AvgIpc) is 3.27. The van der Waals surface area contributed by atoms with Crippen LogP contribution in [0, 0.1) is 11.6 Å². The van der Waals surface area contributed by atoms with Crippen LogP contribution in [-0.4, -0.2) is 27.8 Å². The molecule has 0 aliphatic heterocycles. The maximum atomic E-state index is 14.8. The van der Waals surface area contributed by atoms with Gasteiger partial charge in [-0.2, -0.15) is 5.10 Å². The first-order valence-corrected chi connectivity index (χ1v) is 11.1. The SMILES string of the molecule is CN(C(=O)Nc1ccc(Oc2ccnc(N)c2)cc1F)c1cc(C(C)(C)C)nn1-c1ccc(F)cc1. The standard InChI is InChI=1S/C26H26F2N6O2/c1-26(2,3)22-15-24(34(32-22)17-7-5-16(27)6-8-17)33(4)25(35)31-21-10-9-18(13-20(21)28)36-19-11-12-30-23(29)14-19/h5-15H,1-4H3,(H2,29,30)(H,31,35). The number of anilines is 3. The Morgan fingerprint density at radius 1 is 1.03 bits per heavy atom. The minimum Gasteiger partial charge on any atom is -0.457 e. The van der Waals surface area contributed by atoms with E-state index in [1.165, 1.54) is 41.4 Å². The zero-order valence-electron chi connectivity index (χ0n) is 20.3. The minimum atomic E-state index is -0.682. The summed E-state index contributed by atoms with van der Waals surface area (Å²) in [7, 11) is 1.54. The van der Waals surface area contributed by atoms with Crippen LogP contribution >= 0.6 is 0 Å². The van der Waals surface area contributed by atoms with Gasteiger partial charge in [0.05, 0.1) is 17.1 Å². The van der Waals surface area contributed by atoms with Gasteiger partial charge in [-0.25, -0.2) is 23.2 Å². The summed E-state index contributed by atoms with van der Waals surface area (Å²) in [6.45, 7) is 5.98. The molecule has 10 heteroatoms. The lowest BCUT2D eigenvalue weighted by atomic mass is 9.92. The first kappa shape index (κ1) is 24.6. The minimum absolute atomic E-state index is 0.0302. The van der Waals surface area contributed by atoms with Crippen molar-refractivity contribution < 1.29 is 18.3 Å². The van der Waals surface area contributed by atoms with Crippen LogP contribution in [0.2, 0.25) is 0 Å². The van der Waals surface area contributed by atoms with E-state index < -0.39 is 11.8 Å². The van der Waals surface area contributed by atoms with E-state index >= 15 is 0 Å². The molecule has 186 valence electrons. The number of nitrogens with zero attached hydrogens (tertiary/aromatic N) is 4. The highest BCUT2D eigenvalue weighted by atomic mass is 19.1. The molecule has 0 saturated carbocycles. The number of nitrogen functional groups attached to an aromatic ring is 1. The van der Waals surface area contributed by atoms with Gasteiger partial charge in [-0.3, -0.25) is 4.90 Å². The Hall–Kier alpha value is -4.47. The summed E-state index contributed by atoms with van der Waals surface area (Å²) < 4.78 is 35.4. The molecule has 2 heterocycles. The second-order valence-electron chi connectivity index (χ2n) is 9.18. The number of rotatable bonds is 5. The van der Waals surface area contributed by atoms with E-state index in [-0.39, 0.29) is 28.5 Å². The number of ether oxygens (including phenoxy) is 1. The molecule has 4 rings (SSSR count). The number of aromatic nitrogens is 3. The summed E-state index contributed by atoms with van der Waals surface area (Å²) in [6.07, 6.45) is 1.48. The maximum absolute atomic E-state index is 14.8. The molecule has 0 aliphatic rings. The Morgan fingerprint density at radius 3 is 2.36 bits per heavy atom. The van der Waals surface area contributed by atoms with E-state index in [0.717, 1.165) is 11.8 Å². The molecule has 0 unspecified atom stereocenters. The van der Waals surface area contributed by atoms with Crippen LogP contribution in [0.3, 0.4) is 0 Å². The quantitative estimate of drug-likeness (QED) is 0.362. The lowest BCUT2D eigenvalue weighted by Gasteiger charge is -2.19. The van der Waals surface area contributed by atoms with E-state index in [9.17, 15) is 13.6 Å². The molecular formula is C26H26F2N6O2. The van der Waals surface area contributed by atoms with Crippen LogP contribution in [0.1, 0.15) is 26.5 Å². The van der Waals surface area contributed by atoms with E-state index in [4.69, 9.17) is 10.5 Å². The Balaban J connectivity index is 1.57. The van der Waals surface area contributed by atoms with E-state index in [2.05, 4.69) is 15.4 Å². The largest absolute Gasteiger partial charge is 0.457 e. The average molecular weight is 493 g/mol. The zero-order chi connectivity index (χ0) is 26.0. The van der Waals surface area contributed by atoms with Gasteiger partial charge in [0.15, 0.2) is 0 Å². The van der Waals surface area contributed by atoms with Crippen molar-refractivity contribution in [1.29, 1.82) is 0 Å². The summed E-state index contributed by atoms with van der Waals surface area (Å²) >= 11 is 0. The van der Waals surface area contributed by atoms with Gasteiger partial charge in [0, 0.05) is 36.9 Å². The van der Waals surface area contributed by atoms with Crippen molar-refractivity contribution in [3.63, 3.8) is 0 Å². The normalized spacial score (nSPS) is 11.3. The van der Waals surface area contributed by atoms with Crippen LogP contribution in [0.15, 0.2) is 66.9 Å². The van der Waals surface area contributed by atoms with E-state index in [0.29, 0.717) is 17.3 Å². The lowest BCUT2D eigenvalue weighted by molar-refractivity contribution is 0.257. The van der Waals surface area contributed by atoms with Gasteiger partial charge in [-0.1, -0.05) is 20.8 Å². The molecule has 0 aliphatic carbocycles. The van der Waals surface area contributed by atoms with Crippen LogP contribution in [0.4, 0.5) is 30.9 Å². The number of hydrogen-bond donors (Lipinski definition) is 2. The second-order valence-corrected chi connectivity index (χ2v) is 9.18. The first-order chi connectivity index (χ1) is 17.0. The van der Waals surface area contributed by atoms with Crippen LogP contribution in [-0.2, 0) is 5.41 Å². The molecule has 0 fully saturated rings. The predicted octanol–water partition coefficient (Wildman–Crippen LogP) is 5.89. The van der Waals surface area contributed by atoms with E-state index in [1.54, 1.807) is 36.0 Å². The highest BCUT2D eigenvalue weighted by molar-refractivity contribution is 6.01. The van der Waals surface area contributed by atoms with Crippen molar-refractivity contribution >= 4 is 23.4 Å². The fourth-order valence-corrected chi connectivity index (χ4v) is 3.34. The molecule has 2 aromatic carbocycles. The van der Waals surface area contributed by atoms with Crippen molar-refractivity contribution in [2.24, 2.45) is 0 Å². The van der Waals surface area contributed by atoms with Crippen molar-refractivity contribution in [2.45, 2.75) is 26.2 Å². The number of carbonyl (C=O) groups is 1. The number of urea groups is 1. The predicted molar refractivity (Wildman–Crippen MR) is 135 cm³/mol. The second kappa shape index (κ2) is 9.65. The molecule has 0 spiro atoms. The van der Waals surface area contributed by atoms with Crippen LogP contribution in [0.25, 0.3) is 5.69 Å². The fraction of sp³-hybridized carbons (Fsp3) is 0.192. The number of benzene rings is 2. The van der Waals surface area contributed by atoms with Crippen molar-refractivity contribution in [3.8, 4) is 17.2 Å². The number of pyridine rings is 1. The fourth-order valence-electron chi connectivity index (χ4n) is 3.34. The first-order valence-electron chi connectivity index (χ1n) is 11.1. The molecule has 2 aromatic heterocycles. The van der Waals surface area contributed by atoms with Gasteiger partial charge in [0.1, 0.15) is 34.8 Å². The van der Waals surface area contributed by atoms with Gasteiger partial charge in [-0.05, 0) is 42.5 Å². The van der Waals surface area contributed by atoms with Crippen LogP contribution in [0.5, 0.6) is 11.5 Å². The molecule has 4 aromatic rings. The van der Waals surface area contributed by atoms with Crippen molar-refractivity contribution in [3.05, 3.63) is 84.2 Å². The third-order valence-corrected chi connectivity index (χ3v) is 5.35. The summed E-state index contributed by atoms with van der Waals surface area (Å²) in [5.41, 5.74) is 6.60. The molecule has 0 radical (unpaired) electrons. The Kier molecular flexibility index (Phi) is 6.61. The Morgan fingerprint density at radius 2 is 1.72 bits per heavy atom. The maximum Gasteiger partial charge on any atom is 0.327 e. The number of nitrogens with one attached hydrogen (secondary N) is 1. The smallest absolute Gasteiger partial charge is 0.327 e. The monoisotopic (exact) mass is 492 g/mol. The molecule has 8 nitrogen and oxygen atoms in total. The molecule has 2 amide bonds. The molecule has 0 bridgehead atoms. The summed E-state index contributed by atoms with van der Waals surface area (Å²) in [5, 5.41) is 7.21. The van der Waals surface area contributed by atoms with Crippen molar-refractivity contribution in [1.82, 2.24) is 14.8 Å². The topological polar surface area (TPSA) is 98.3 Å². The van der Waals surface area contributed by atoms with Gasteiger partial charge < -0.3 is 15.8 Å². The highest BCUT2D eigenvalue weighted by Gasteiger charge is 2.25. The van der Waals surface area contributed by atoms with Crippen molar-refractivity contribution in [2.75, 3.05) is 23.0 Å². The number of amides is 2. The number of hydrogen-bond acceptors (Lipinski definition) is 5. The Bertz CT molecular complexity index is 1400. The van der Waals surface area contributed by atoms with Crippen LogP contribution < -0.4 is 20.7 Å². The van der Waals surface area contributed by atoms with Gasteiger partial charge in [0.2, 0.25) is 0 Å².